The summed E-state index contributed by atoms with van der Waals surface area (Å²) in [7, 11) is 0. The third-order valence-electron chi connectivity index (χ3n) is 4.25. The van der Waals surface area contributed by atoms with Gasteiger partial charge in [-0.15, -0.1) is 11.3 Å². The van der Waals surface area contributed by atoms with Crippen LogP contribution in [0.15, 0.2) is 11.6 Å². The molecule has 1 atom stereocenters. The number of likely N-dealkylation sites (tertiary alicyclic amines) is 1. The van der Waals surface area contributed by atoms with E-state index in [-0.39, 0.29) is 37.1 Å². The maximum absolute atomic E-state index is 12.0. The Labute approximate surface area is 138 Å². The zero-order valence-electron chi connectivity index (χ0n) is 12.9. The maximum atomic E-state index is 12.0. The minimum Gasteiger partial charge on any atom is -0.354 e. The second-order valence-electron chi connectivity index (χ2n) is 5.95. The molecule has 1 N–H and O–H groups in total. The quantitative estimate of drug-likeness (QED) is 0.797. The van der Waals surface area contributed by atoms with Crippen LogP contribution in [0.3, 0.4) is 0 Å². The van der Waals surface area contributed by atoms with E-state index in [4.69, 9.17) is 0 Å². The summed E-state index contributed by atoms with van der Waals surface area (Å²) in [5.74, 6) is -0.405. The Morgan fingerprint density at radius 1 is 1.35 bits per heavy atom. The number of hydrogen-bond donors (Lipinski definition) is 1. The van der Waals surface area contributed by atoms with Gasteiger partial charge in [-0.05, 0) is 18.8 Å². The van der Waals surface area contributed by atoms with Crippen molar-refractivity contribution in [1.82, 2.24) is 15.2 Å². The Morgan fingerprint density at radius 3 is 2.83 bits per heavy atom. The van der Waals surface area contributed by atoms with E-state index in [1.807, 2.05) is 5.38 Å². The molecule has 1 aromatic heterocycles. The van der Waals surface area contributed by atoms with Crippen LogP contribution in [0.25, 0.3) is 0 Å². The maximum Gasteiger partial charge on any atom is 0.240 e. The van der Waals surface area contributed by atoms with Crippen LogP contribution >= 0.6 is 11.3 Å². The number of amides is 3. The topological polar surface area (TPSA) is 82.6 Å². The smallest absolute Gasteiger partial charge is 0.240 e. The first-order valence-electron chi connectivity index (χ1n) is 7.88. The van der Waals surface area contributed by atoms with Crippen molar-refractivity contribution in [3.63, 3.8) is 0 Å². The number of nitrogens with zero attached hydrogens (tertiary/aromatic N) is 3. The van der Waals surface area contributed by atoms with Gasteiger partial charge < -0.3 is 10.2 Å². The van der Waals surface area contributed by atoms with Gasteiger partial charge in [0.25, 0.3) is 0 Å². The average molecular weight is 336 g/mol. The van der Waals surface area contributed by atoms with E-state index in [1.54, 1.807) is 17.5 Å². The molecule has 0 saturated carbocycles. The highest BCUT2D eigenvalue weighted by Crippen LogP contribution is 2.24. The molecule has 2 aliphatic heterocycles. The van der Waals surface area contributed by atoms with Crippen molar-refractivity contribution in [3.05, 3.63) is 11.6 Å². The van der Waals surface area contributed by atoms with E-state index in [0.29, 0.717) is 12.5 Å². The number of hydrogen-bond acceptors (Lipinski definition) is 6. The number of nitrogens with one attached hydrogen (secondary N) is 1. The second kappa shape index (κ2) is 7.08. The summed E-state index contributed by atoms with van der Waals surface area (Å²) in [4.78, 5) is 42.6. The van der Waals surface area contributed by atoms with Gasteiger partial charge in [0.05, 0.1) is 0 Å². The molecule has 8 heteroatoms. The van der Waals surface area contributed by atoms with Gasteiger partial charge in [0, 0.05) is 44.1 Å². The molecule has 2 fully saturated rings. The predicted octanol–water partition coefficient (Wildman–Crippen LogP) is 0.625. The lowest BCUT2D eigenvalue weighted by Gasteiger charge is -2.32. The molecule has 2 aliphatic rings. The van der Waals surface area contributed by atoms with Gasteiger partial charge in [-0.2, -0.15) is 0 Å². The lowest BCUT2D eigenvalue weighted by molar-refractivity contribution is -0.142. The highest BCUT2D eigenvalue weighted by atomic mass is 32.1. The fourth-order valence-corrected chi connectivity index (χ4v) is 3.71. The van der Waals surface area contributed by atoms with Crippen LogP contribution in [0.2, 0.25) is 0 Å². The van der Waals surface area contributed by atoms with Gasteiger partial charge in [-0.1, -0.05) is 0 Å². The molecule has 2 saturated heterocycles. The lowest BCUT2D eigenvalue weighted by Crippen LogP contribution is -2.44. The first kappa shape index (κ1) is 15.9. The fraction of sp³-hybridized carbons (Fsp3) is 0.600. The minimum absolute atomic E-state index is 0.152. The zero-order valence-corrected chi connectivity index (χ0v) is 13.7. The molecule has 0 bridgehead atoms. The van der Waals surface area contributed by atoms with Gasteiger partial charge >= 0.3 is 0 Å². The van der Waals surface area contributed by atoms with Crippen molar-refractivity contribution < 1.29 is 14.4 Å². The number of anilines is 1. The molecule has 0 aliphatic carbocycles. The van der Waals surface area contributed by atoms with Crippen molar-refractivity contribution in [2.45, 2.75) is 25.7 Å². The Morgan fingerprint density at radius 2 is 2.13 bits per heavy atom. The van der Waals surface area contributed by atoms with Crippen LogP contribution in [0.1, 0.15) is 25.7 Å². The molecule has 1 unspecified atom stereocenters. The van der Waals surface area contributed by atoms with Gasteiger partial charge in [0.1, 0.15) is 6.54 Å². The molecular weight excluding hydrogens is 316 g/mol. The number of rotatable bonds is 5. The molecule has 7 nitrogen and oxygen atoms in total. The number of aromatic nitrogens is 1. The average Bonchev–Trinajstić information content (AvgIpc) is 3.19. The van der Waals surface area contributed by atoms with Gasteiger partial charge in [-0.25, -0.2) is 4.98 Å². The van der Waals surface area contributed by atoms with Crippen molar-refractivity contribution in [2.24, 2.45) is 5.92 Å². The highest BCUT2D eigenvalue weighted by molar-refractivity contribution is 7.13. The summed E-state index contributed by atoms with van der Waals surface area (Å²) in [5.41, 5.74) is 0. The van der Waals surface area contributed by atoms with Gasteiger partial charge in [0.15, 0.2) is 5.13 Å². The minimum atomic E-state index is -0.264. The summed E-state index contributed by atoms with van der Waals surface area (Å²) in [6, 6.07) is 0. The summed E-state index contributed by atoms with van der Waals surface area (Å²) in [5, 5.41) is 5.84. The van der Waals surface area contributed by atoms with E-state index in [0.717, 1.165) is 36.0 Å². The first-order chi connectivity index (χ1) is 11.1. The molecule has 3 heterocycles. The first-order valence-corrected chi connectivity index (χ1v) is 8.76. The van der Waals surface area contributed by atoms with Crippen molar-refractivity contribution in [3.8, 4) is 0 Å². The Balaban J connectivity index is 1.45. The van der Waals surface area contributed by atoms with Crippen LogP contribution in [0.4, 0.5) is 5.13 Å². The molecule has 0 aromatic carbocycles. The Bertz CT molecular complexity index is 574. The number of thiazole rings is 1. The zero-order chi connectivity index (χ0) is 16.2. The number of imide groups is 1. The van der Waals surface area contributed by atoms with Crippen LogP contribution in [-0.2, 0) is 14.4 Å². The lowest BCUT2D eigenvalue weighted by atomic mass is 9.98. The normalized spacial score (nSPS) is 21.8. The predicted molar refractivity (Wildman–Crippen MR) is 86.0 cm³/mol. The van der Waals surface area contributed by atoms with Crippen molar-refractivity contribution in [1.29, 1.82) is 0 Å². The Kier molecular flexibility index (Phi) is 4.90. The van der Waals surface area contributed by atoms with Crippen LogP contribution < -0.4 is 10.2 Å². The number of carbonyl (C=O) groups excluding carboxylic acids is 3. The molecule has 0 spiro atoms. The number of carbonyl (C=O) groups is 3. The molecule has 23 heavy (non-hydrogen) atoms. The molecule has 1 aromatic rings. The van der Waals surface area contributed by atoms with Gasteiger partial charge in [0.2, 0.25) is 17.7 Å². The molecule has 3 rings (SSSR count). The van der Waals surface area contributed by atoms with E-state index < -0.39 is 0 Å². The molecular formula is C15H20N4O3S. The molecule has 124 valence electrons. The van der Waals surface area contributed by atoms with Crippen LogP contribution in [0, 0.1) is 5.92 Å². The number of piperidine rings is 1. The summed E-state index contributed by atoms with van der Waals surface area (Å²) < 4.78 is 0. The van der Waals surface area contributed by atoms with E-state index in [2.05, 4.69) is 15.2 Å². The third-order valence-corrected chi connectivity index (χ3v) is 5.09. The summed E-state index contributed by atoms with van der Waals surface area (Å²) >= 11 is 1.62. The fourth-order valence-electron chi connectivity index (χ4n) is 3.03. The largest absolute Gasteiger partial charge is 0.354 e. The van der Waals surface area contributed by atoms with Crippen LogP contribution in [-0.4, -0.2) is 53.8 Å². The second-order valence-corrected chi connectivity index (χ2v) is 6.82. The third kappa shape index (κ3) is 3.87. The highest BCUT2D eigenvalue weighted by Gasteiger charge is 2.30. The SMILES string of the molecule is O=C(CN1C(=O)CCC1=O)NCC1CCCN(c2nccs2)C1. The molecule has 0 radical (unpaired) electrons. The van der Waals surface area contributed by atoms with Crippen molar-refractivity contribution >= 4 is 34.2 Å². The molecule has 3 amide bonds. The van der Waals surface area contributed by atoms with E-state index in [1.165, 1.54) is 0 Å². The monoisotopic (exact) mass is 336 g/mol. The summed E-state index contributed by atoms with van der Waals surface area (Å²) in [6.07, 6.45) is 4.37. The van der Waals surface area contributed by atoms with Gasteiger partial charge in [-0.3, -0.25) is 19.3 Å². The van der Waals surface area contributed by atoms with Crippen molar-refractivity contribution in [2.75, 3.05) is 31.1 Å². The van der Waals surface area contributed by atoms with E-state index >= 15 is 0 Å². The Hall–Kier alpha value is -1.96. The van der Waals surface area contributed by atoms with E-state index in [9.17, 15) is 14.4 Å². The standard InChI is InChI=1S/C15H20N4O3S/c20-12(10-19-13(21)3-4-14(19)22)17-8-11-2-1-6-18(9-11)15-16-5-7-23-15/h5,7,11H,1-4,6,8-10H2,(H,17,20). The summed E-state index contributed by atoms with van der Waals surface area (Å²) in [6.45, 7) is 2.28. The van der Waals surface area contributed by atoms with Crippen LogP contribution in [0.5, 0.6) is 0 Å².